The molecule has 0 unspecified atom stereocenters. The molecule has 0 aliphatic rings. The molecule has 0 aliphatic heterocycles. The Bertz CT molecular complexity index is 353. The molecule has 7 heteroatoms. The zero-order chi connectivity index (χ0) is 11.8. The molecule has 6 nitrogen and oxygen atoms in total. The molecule has 88 valence electrons. The highest BCUT2D eigenvalue weighted by Gasteiger charge is 2.10. The number of hydrogen-bond acceptors (Lipinski definition) is 6. The SMILES string of the molecule is C=CCCCSc1nnnn1CC(=O)OC. The van der Waals surface area contributed by atoms with E-state index in [9.17, 15) is 4.79 Å². The molecule has 0 bridgehead atoms. The Balaban J connectivity index is 2.43. The van der Waals surface area contributed by atoms with Crippen LogP contribution in [-0.4, -0.2) is 39.0 Å². The number of hydrogen-bond donors (Lipinski definition) is 0. The van der Waals surface area contributed by atoms with E-state index in [4.69, 9.17) is 0 Å². The molecule has 0 spiro atoms. The van der Waals surface area contributed by atoms with E-state index in [-0.39, 0.29) is 12.5 Å². The summed E-state index contributed by atoms with van der Waals surface area (Å²) in [5.74, 6) is 0.536. The molecule has 1 aromatic heterocycles. The zero-order valence-corrected chi connectivity index (χ0v) is 9.94. The largest absolute Gasteiger partial charge is 0.468 e. The van der Waals surface area contributed by atoms with Gasteiger partial charge in [-0.05, 0) is 23.3 Å². The molecule has 0 N–H and O–H groups in total. The normalized spacial score (nSPS) is 10.1. The van der Waals surface area contributed by atoms with Gasteiger partial charge in [0.05, 0.1) is 7.11 Å². The van der Waals surface area contributed by atoms with Crippen LogP contribution >= 0.6 is 11.8 Å². The maximum absolute atomic E-state index is 11.0. The first-order valence-electron chi connectivity index (χ1n) is 4.84. The highest BCUT2D eigenvalue weighted by atomic mass is 32.2. The first-order chi connectivity index (χ1) is 7.77. The first-order valence-corrected chi connectivity index (χ1v) is 5.83. The van der Waals surface area contributed by atoms with Gasteiger partial charge in [0, 0.05) is 5.75 Å². The predicted molar refractivity (Wildman–Crippen MR) is 60.0 cm³/mol. The van der Waals surface area contributed by atoms with Crippen molar-refractivity contribution in [3.05, 3.63) is 12.7 Å². The van der Waals surface area contributed by atoms with E-state index in [1.165, 1.54) is 23.6 Å². The van der Waals surface area contributed by atoms with Gasteiger partial charge in [0.1, 0.15) is 6.54 Å². The lowest BCUT2D eigenvalue weighted by Gasteiger charge is -2.02. The molecule has 0 saturated heterocycles. The van der Waals surface area contributed by atoms with Gasteiger partial charge < -0.3 is 4.74 Å². The third-order valence-corrected chi connectivity index (χ3v) is 2.83. The lowest BCUT2D eigenvalue weighted by atomic mass is 10.3. The fourth-order valence-corrected chi connectivity index (χ4v) is 1.81. The number of rotatable bonds is 7. The molecule has 0 amide bonds. The van der Waals surface area contributed by atoms with Crippen molar-refractivity contribution in [3.8, 4) is 0 Å². The number of methoxy groups -OCH3 is 1. The van der Waals surface area contributed by atoms with Crippen molar-refractivity contribution in [2.24, 2.45) is 0 Å². The third kappa shape index (κ3) is 4.01. The highest BCUT2D eigenvalue weighted by Crippen LogP contribution is 2.15. The minimum atomic E-state index is -0.361. The minimum Gasteiger partial charge on any atom is -0.468 e. The second-order valence-corrected chi connectivity index (χ2v) is 4.04. The number of allylic oxidation sites excluding steroid dienone is 1. The van der Waals surface area contributed by atoms with Gasteiger partial charge in [0.15, 0.2) is 0 Å². The topological polar surface area (TPSA) is 69.9 Å². The minimum absolute atomic E-state index is 0.0489. The van der Waals surface area contributed by atoms with Gasteiger partial charge in [0.2, 0.25) is 5.16 Å². The summed E-state index contributed by atoms with van der Waals surface area (Å²) in [4.78, 5) is 11.0. The van der Waals surface area contributed by atoms with Crippen molar-refractivity contribution >= 4 is 17.7 Å². The van der Waals surface area contributed by atoms with Gasteiger partial charge in [-0.15, -0.1) is 11.7 Å². The summed E-state index contributed by atoms with van der Waals surface area (Å²) < 4.78 is 5.98. The van der Waals surface area contributed by atoms with Crippen LogP contribution in [0.25, 0.3) is 0 Å². The summed E-state index contributed by atoms with van der Waals surface area (Å²) >= 11 is 1.52. The molecular weight excluding hydrogens is 228 g/mol. The van der Waals surface area contributed by atoms with Crippen LogP contribution in [0.5, 0.6) is 0 Å². The number of nitrogens with zero attached hydrogens (tertiary/aromatic N) is 4. The molecule has 1 aromatic rings. The van der Waals surface area contributed by atoms with E-state index in [1.54, 1.807) is 0 Å². The number of carbonyl (C=O) groups excluding carboxylic acids is 1. The quantitative estimate of drug-likeness (QED) is 0.306. The van der Waals surface area contributed by atoms with Crippen LogP contribution in [0.4, 0.5) is 0 Å². The number of tetrazole rings is 1. The number of aromatic nitrogens is 4. The lowest BCUT2D eigenvalue weighted by molar-refractivity contribution is -0.141. The Labute approximate surface area is 98.0 Å². The smallest absolute Gasteiger partial charge is 0.327 e. The number of thioether (sulfide) groups is 1. The van der Waals surface area contributed by atoms with Gasteiger partial charge in [-0.25, -0.2) is 4.68 Å². The molecule has 0 radical (unpaired) electrons. The Morgan fingerprint density at radius 2 is 2.50 bits per heavy atom. The van der Waals surface area contributed by atoms with E-state index in [2.05, 4.69) is 26.8 Å². The first kappa shape index (κ1) is 12.7. The van der Waals surface area contributed by atoms with Gasteiger partial charge in [-0.3, -0.25) is 4.79 Å². The molecule has 0 aromatic carbocycles. The molecular formula is C9H14N4O2S. The van der Waals surface area contributed by atoms with Crippen LogP contribution in [0.2, 0.25) is 0 Å². The summed E-state index contributed by atoms with van der Waals surface area (Å²) in [6.07, 6.45) is 3.85. The summed E-state index contributed by atoms with van der Waals surface area (Å²) in [5.41, 5.74) is 0. The second kappa shape index (κ2) is 7.00. The number of ether oxygens (including phenoxy) is 1. The molecule has 0 atom stereocenters. The maximum atomic E-state index is 11.0. The van der Waals surface area contributed by atoms with E-state index in [1.807, 2.05) is 6.08 Å². The van der Waals surface area contributed by atoms with Crippen molar-refractivity contribution in [2.45, 2.75) is 24.5 Å². The molecule has 1 heterocycles. The van der Waals surface area contributed by atoms with Crippen molar-refractivity contribution in [1.29, 1.82) is 0 Å². The van der Waals surface area contributed by atoms with Gasteiger partial charge in [0.25, 0.3) is 0 Å². The fourth-order valence-electron chi connectivity index (χ4n) is 0.977. The van der Waals surface area contributed by atoms with Crippen LogP contribution in [0.3, 0.4) is 0 Å². The molecule has 0 fully saturated rings. The van der Waals surface area contributed by atoms with Gasteiger partial charge >= 0.3 is 5.97 Å². The van der Waals surface area contributed by atoms with Gasteiger partial charge in [-0.1, -0.05) is 17.8 Å². The van der Waals surface area contributed by atoms with Crippen molar-refractivity contribution in [2.75, 3.05) is 12.9 Å². The van der Waals surface area contributed by atoms with E-state index < -0.39 is 0 Å². The average Bonchev–Trinajstić information content (AvgIpc) is 2.72. The van der Waals surface area contributed by atoms with E-state index >= 15 is 0 Å². The Morgan fingerprint density at radius 3 is 3.19 bits per heavy atom. The maximum Gasteiger partial charge on any atom is 0.327 e. The van der Waals surface area contributed by atoms with E-state index in [0.717, 1.165) is 18.6 Å². The average molecular weight is 242 g/mol. The van der Waals surface area contributed by atoms with Crippen LogP contribution in [0.1, 0.15) is 12.8 Å². The van der Waals surface area contributed by atoms with Crippen LogP contribution in [0, 0.1) is 0 Å². The number of carbonyl (C=O) groups is 1. The Hall–Kier alpha value is -1.37. The highest BCUT2D eigenvalue weighted by molar-refractivity contribution is 7.99. The van der Waals surface area contributed by atoms with Crippen molar-refractivity contribution in [3.63, 3.8) is 0 Å². The van der Waals surface area contributed by atoms with Crippen LogP contribution in [0.15, 0.2) is 17.8 Å². The van der Waals surface area contributed by atoms with Crippen molar-refractivity contribution < 1.29 is 9.53 Å². The third-order valence-electron chi connectivity index (χ3n) is 1.79. The van der Waals surface area contributed by atoms with Crippen molar-refractivity contribution in [1.82, 2.24) is 20.2 Å². The molecule has 1 rings (SSSR count). The summed E-state index contributed by atoms with van der Waals surface area (Å²) in [7, 11) is 1.34. The monoisotopic (exact) mass is 242 g/mol. The molecule has 0 saturated carbocycles. The fraction of sp³-hybridized carbons (Fsp3) is 0.556. The molecule has 0 aliphatic carbocycles. The number of esters is 1. The standard InChI is InChI=1S/C9H14N4O2S/c1-3-4-5-6-16-9-10-11-12-13(9)7-8(14)15-2/h3H,1,4-7H2,2H3. The van der Waals surface area contributed by atoms with E-state index in [0.29, 0.717) is 5.16 Å². The van der Waals surface area contributed by atoms with Crippen LogP contribution in [-0.2, 0) is 16.1 Å². The molecule has 16 heavy (non-hydrogen) atoms. The zero-order valence-electron chi connectivity index (χ0n) is 9.13. The lowest BCUT2D eigenvalue weighted by Crippen LogP contribution is -2.13. The van der Waals surface area contributed by atoms with Gasteiger partial charge in [-0.2, -0.15) is 0 Å². The summed E-state index contributed by atoms with van der Waals surface area (Å²) in [6.45, 7) is 3.70. The Kier molecular flexibility index (Phi) is 5.55. The predicted octanol–water partition coefficient (Wildman–Crippen LogP) is 0.904. The summed E-state index contributed by atoms with van der Waals surface area (Å²) in [6, 6.07) is 0. The van der Waals surface area contributed by atoms with Crippen LogP contribution < -0.4 is 0 Å². The summed E-state index contributed by atoms with van der Waals surface area (Å²) in [5, 5.41) is 11.7. The Morgan fingerprint density at radius 1 is 1.69 bits per heavy atom. The number of unbranched alkanes of at least 4 members (excludes halogenated alkanes) is 1. The second-order valence-electron chi connectivity index (χ2n) is 2.97.